The highest BCUT2D eigenvalue weighted by atomic mass is 79.9. The Morgan fingerprint density at radius 3 is 1.49 bits per heavy atom. The number of benzene rings is 2. The van der Waals surface area contributed by atoms with Crippen LogP contribution in [-0.4, -0.2) is 106 Å². The molecule has 3 saturated carbocycles. The lowest BCUT2D eigenvalue weighted by Crippen LogP contribution is -2.55. The minimum Gasteiger partial charge on any atom is -0.393 e. The second kappa shape index (κ2) is 19.9. The number of nitrogens with one attached hydrogen (secondary N) is 2. The van der Waals surface area contributed by atoms with Crippen LogP contribution in [0.2, 0.25) is 0 Å². The molecule has 13 nitrogen and oxygen atoms in total. The fourth-order valence-electron chi connectivity index (χ4n) is 14.3. The SMILES string of the molecule is CC1=N[C@@]2(C(=O)N1CC(C)(C)F)c1cc(Br)ccc1CC21C[C@@H](C)C(O)[C@@H](C)C1.CC1=N[C@@]2(C(=O)N1CC(C)(C)F)c1cc(N=[N+]=[N-])ccc1CC21C[C@@H](C)C(O)[C@@H](C)C1.CN[C@H]1CCCC[C@@H]1NC. The number of likely N-dealkylation sites (N-methyl/N-ethyl adjacent to an activating group) is 2. The van der Waals surface area contributed by atoms with Gasteiger partial charge < -0.3 is 20.8 Å². The Balaban J connectivity index is 0.000000173. The summed E-state index contributed by atoms with van der Waals surface area (Å²) in [6, 6.07) is 13.0. The molecule has 4 spiro atoms. The summed E-state index contributed by atoms with van der Waals surface area (Å²) < 4.78 is 30.0. The third kappa shape index (κ3) is 9.51. The van der Waals surface area contributed by atoms with Crippen LogP contribution in [0.3, 0.4) is 0 Å². The van der Waals surface area contributed by atoms with Gasteiger partial charge >= 0.3 is 0 Å². The molecule has 70 heavy (non-hydrogen) atoms. The van der Waals surface area contributed by atoms with E-state index in [1.807, 2.05) is 39.0 Å². The number of aliphatic hydroxyl groups excluding tert-OH is 2. The zero-order valence-electron chi connectivity index (χ0n) is 43.5. The highest BCUT2D eigenvalue weighted by Crippen LogP contribution is 2.65. The Kier molecular flexibility index (Phi) is 15.4. The number of rotatable bonds is 7. The van der Waals surface area contributed by atoms with E-state index in [4.69, 9.17) is 15.5 Å². The molecule has 12 atom stereocenters. The van der Waals surface area contributed by atoms with Crippen LogP contribution in [0, 0.1) is 34.5 Å². The van der Waals surface area contributed by atoms with Gasteiger partial charge in [-0.15, -0.1) is 0 Å². The first-order valence-electron chi connectivity index (χ1n) is 25.6. The van der Waals surface area contributed by atoms with Gasteiger partial charge in [-0.05, 0) is 177 Å². The average molecular weight is 1040 g/mol. The Bertz CT molecular complexity index is 2390. The summed E-state index contributed by atoms with van der Waals surface area (Å²) in [5.74, 6) is 0.898. The number of aliphatic imine (C=N–C) groups is 2. The van der Waals surface area contributed by atoms with Crippen molar-refractivity contribution in [2.24, 2.45) is 49.6 Å². The highest BCUT2D eigenvalue weighted by Gasteiger charge is 2.69. The van der Waals surface area contributed by atoms with E-state index in [0.717, 1.165) is 46.0 Å². The molecule has 7 aliphatic rings. The lowest BCUT2D eigenvalue weighted by molar-refractivity contribution is -0.142. The molecule has 9 rings (SSSR count). The van der Waals surface area contributed by atoms with Crippen molar-refractivity contribution in [3.05, 3.63) is 73.6 Å². The Hall–Kier alpha value is -3.79. The van der Waals surface area contributed by atoms with Crippen LogP contribution in [0.5, 0.6) is 0 Å². The van der Waals surface area contributed by atoms with Gasteiger partial charge in [-0.1, -0.05) is 79.8 Å². The van der Waals surface area contributed by atoms with Gasteiger partial charge in [0.2, 0.25) is 0 Å². The molecule has 3 fully saturated rings. The van der Waals surface area contributed by atoms with Crippen LogP contribution in [0.4, 0.5) is 14.5 Å². The highest BCUT2D eigenvalue weighted by molar-refractivity contribution is 9.10. The van der Waals surface area contributed by atoms with Crippen LogP contribution in [0.15, 0.2) is 56.0 Å². The predicted octanol–water partition coefficient (Wildman–Crippen LogP) is 10.2. The fraction of sp³-hybridized carbons (Fsp3) is 0.704. The minimum absolute atomic E-state index is 0.00140. The third-order valence-electron chi connectivity index (χ3n) is 17.0. The smallest absolute Gasteiger partial charge is 0.261 e. The van der Waals surface area contributed by atoms with Crippen LogP contribution in [0.1, 0.15) is 143 Å². The van der Waals surface area contributed by atoms with E-state index in [-0.39, 0.29) is 54.7 Å². The monoisotopic (exact) mass is 1030 g/mol. The Morgan fingerprint density at radius 2 is 1.11 bits per heavy atom. The summed E-state index contributed by atoms with van der Waals surface area (Å²) >= 11 is 3.57. The number of aliphatic hydroxyl groups is 2. The van der Waals surface area contributed by atoms with Gasteiger partial charge in [-0.25, -0.2) is 8.78 Å². The zero-order valence-corrected chi connectivity index (χ0v) is 45.1. The molecule has 2 aromatic carbocycles. The standard InChI is InChI=1S/C23H30BrFN2O2.C23H30FN5O2.C8H18N2/c1-13-9-22(10-14(2)19(13)28)11-16-6-7-17(24)8-18(16)23(22)20(29)27(15(3)26-23)12-21(4,5)25;1-13-9-22(10-14(2)19(13)30)11-16-6-7-17(27-28-25)8-18(16)23(22)20(31)29(15(3)26-23)12-21(4,5)24;1-9-7-5-3-4-6-8(7)10-2/h6-8,13-14,19,28H,9-12H2,1-5H3;6-8,13-14,19,30H,9-12H2,1-5H3;7-10H,3-6H2,1-2H3/t2*13-,14+,19?,22?,23-;7-,8-/m110/s1. The first-order valence-corrected chi connectivity index (χ1v) is 26.3. The Morgan fingerprint density at radius 1 is 0.729 bits per heavy atom. The summed E-state index contributed by atoms with van der Waals surface area (Å²) in [7, 11) is 4.11. The normalized spacial score (nSPS) is 35.6. The van der Waals surface area contributed by atoms with Gasteiger partial charge in [0.15, 0.2) is 11.1 Å². The van der Waals surface area contributed by atoms with Crippen molar-refractivity contribution in [3.8, 4) is 0 Å². The molecule has 0 radical (unpaired) electrons. The van der Waals surface area contributed by atoms with Crippen molar-refractivity contribution in [3.63, 3.8) is 0 Å². The minimum atomic E-state index is -1.57. The average Bonchev–Trinajstić information content (AvgIpc) is 3.88. The predicted molar refractivity (Wildman–Crippen MR) is 276 cm³/mol. The van der Waals surface area contributed by atoms with Crippen molar-refractivity contribution < 1.29 is 28.6 Å². The lowest BCUT2D eigenvalue weighted by atomic mass is 9.56. The number of halogens is 3. The molecule has 16 heteroatoms. The van der Waals surface area contributed by atoms with Crippen LogP contribution in [0.25, 0.3) is 10.4 Å². The maximum absolute atomic E-state index is 14.6. The fourth-order valence-corrected chi connectivity index (χ4v) is 14.6. The van der Waals surface area contributed by atoms with Gasteiger partial charge in [0, 0.05) is 38.0 Å². The number of fused-ring (bicyclic) bond motifs is 6. The molecule has 4 N–H and O–H groups in total. The first kappa shape index (κ1) is 54.0. The van der Waals surface area contributed by atoms with Crippen LogP contribution < -0.4 is 10.6 Å². The van der Waals surface area contributed by atoms with Crippen molar-refractivity contribution >= 4 is 45.1 Å². The van der Waals surface area contributed by atoms with Crippen molar-refractivity contribution in [1.29, 1.82) is 0 Å². The number of amidine groups is 2. The number of carbonyl (C=O) groups excluding carboxylic acids is 2. The molecule has 0 bridgehead atoms. The van der Waals surface area contributed by atoms with E-state index >= 15 is 0 Å². The number of hydrogen-bond donors (Lipinski definition) is 4. The molecule has 384 valence electrons. The summed E-state index contributed by atoms with van der Waals surface area (Å²) in [6.45, 7) is 17.6. The van der Waals surface area contributed by atoms with Gasteiger partial charge in [-0.3, -0.25) is 29.4 Å². The second-order valence-corrected chi connectivity index (χ2v) is 24.4. The number of amides is 2. The van der Waals surface area contributed by atoms with Gasteiger partial charge in [0.25, 0.3) is 11.8 Å². The summed E-state index contributed by atoms with van der Waals surface area (Å²) in [4.78, 5) is 44.1. The number of alkyl halides is 2. The molecule has 2 aromatic rings. The topological polar surface area (TPSA) is 179 Å². The second-order valence-electron chi connectivity index (χ2n) is 23.5. The molecule has 5 aliphatic carbocycles. The number of azide groups is 1. The zero-order chi connectivity index (χ0) is 51.5. The molecular formula is C54H78BrF2N9O4. The number of carbonyl (C=O) groups is 2. The summed E-state index contributed by atoms with van der Waals surface area (Å²) in [5.41, 5.74) is 6.94. The van der Waals surface area contributed by atoms with Gasteiger partial charge in [-0.2, -0.15) is 0 Å². The van der Waals surface area contributed by atoms with Gasteiger partial charge in [0.05, 0.1) is 25.3 Å². The van der Waals surface area contributed by atoms with E-state index in [2.05, 4.69) is 70.6 Å². The van der Waals surface area contributed by atoms with Crippen LogP contribution in [-0.2, 0) is 33.5 Å². The molecule has 4 unspecified atom stereocenters. The van der Waals surface area contributed by atoms with E-state index in [1.54, 1.807) is 19.1 Å². The molecular weight excluding hydrogens is 957 g/mol. The van der Waals surface area contributed by atoms with Gasteiger partial charge in [0.1, 0.15) is 23.0 Å². The number of nitrogens with zero attached hydrogens (tertiary/aromatic N) is 7. The third-order valence-corrected chi connectivity index (χ3v) is 17.5. The maximum atomic E-state index is 14.6. The molecule has 0 aromatic heterocycles. The molecule has 0 saturated heterocycles. The number of hydrogen-bond acceptors (Lipinski definition) is 9. The maximum Gasteiger partial charge on any atom is 0.261 e. The van der Waals surface area contributed by atoms with E-state index in [9.17, 15) is 28.6 Å². The molecule has 2 heterocycles. The van der Waals surface area contributed by atoms with E-state index < -0.39 is 39.3 Å². The van der Waals surface area contributed by atoms with Crippen molar-refractivity contribution in [2.75, 3.05) is 27.2 Å². The van der Waals surface area contributed by atoms with Crippen molar-refractivity contribution in [2.45, 2.75) is 180 Å². The molecule has 2 amide bonds. The lowest BCUT2D eigenvalue weighted by Gasteiger charge is -2.49. The Labute approximate surface area is 422 Å². The van der Waals surface area contributed by atoms with E-state index in [1.165, 1.54) is 63.2 Å². The van der Waals surface area contributed by atoms with Crippen LogP contribution >= 0.6 is 15.9 Å². The quantitative estimate of drug-likeness (QED) is 0.122. The summed E-state index contributed by atoms with van der Waals surface area (Å²) in [6.07, 6.45) is 8.77. The first-order chi connectivity index (χ1) is 32.7. The largest absolute Gasteiger partial charge is 0.393 e. The molecule has 2 aliphatic heterocycles. The van der Waals surface area contributed by atoms with Crippen molar-refractivity contribution in [1.82, 2.24) is 20.4 Å². The summed E-state index contributed by atoms with van der Waals surface area (Å²) in [5, 5.41) is 31.7. The van der Waals surface area contributed by atoms with E-state index in [0.29, 0.717) is 48.7 Å².